The van der Waals surface area contributed by atoms with Gasteiger partial charge in [-0.2, -0.15) is 0 Å². The number of benzene rings is 2. The first-order valence-electron chi connectivity index (χ1n) is 11.2. The highest BCUT2D eigenvalue weighted by Crippen LogP contribution is 2.31. The first kappa shape index (κ1) is 26.9. The number of hydrogen-bond donors (Lipinski definition) is 0. The minimum absolute atomic E-state index is 0. The number of nitrogens with zero attached hydrogens (tertiary/aromatic N) is 3. The molecule has 0 unspecified atom stereocenters. The number of morpholine rings is 1. The number of amides is 1. The lowest BCUT2D eigenvalue weighted by molar-refractivity contribution is -0.114. The fourth-order valence-corrected chi connectivity index (χ4v) is 4.82. The van der Waals surface area contributed by atoms with Gasteiger partial charge in [0.2, 0.25) is 0 Å². The summed E-state index contributed by atoms with van der Waals surface area (Å²) in [6, 6.07) is 10.3. The third kappa shape index (κ3) is 6.70. The van der Waals surface area contributed by atoms with Crippen molar-refractivity contribution in [3.05, 3.63) is 53.9 Å². The zero-order chi connectivity index (χ0) is 23.9. The zero-order valence-electron chi connectivity index (χ0n) is 19.7. The van der Waals surface area contributed by atoms with E-state index in [9.17, 15) is 9.18 Å². The molecule has 1 aromatic heterocycles. The molecule has 7 nitrogen and oxygen atoms in total. The maximum atomic E-state index is 14.2. The number of para-hydroxylation sites is 1. The van der Waals surface area contributed by atoms with Gasteiger partial charge in [0, 0.05) is 32.3 Å². The molecular weight excluding hydrogens is 493 g/mol. The molecule has 188 valence electrons. The molecule has 0 N–H and O–H groups in total. The molecule has 3 aromatic rings. The van der Waals surface area contributed by atoms with Gasteiger partial charge < -0.3 is 14.2 Å². The molecule has 1 aliphatic rings. The van der Waals surface area contributed by atoms with E-state index in [1.807, 2.05) is 12.1 Å². The predicted molar refractivity (Wildman–Crippen MR) is 140 cm³/mol. The summed E-state index contributed by atoms with van der Waals surface area (Å²) in [6.45, 7) is 4.57. The molecule has 2 heterocycles. The van der Waals surface area contributed by atoms with Crippen molar-refractivity contribution >= 4 is 51.1 Å². The Morgan fingerprint density at radius 3 is 2.69 bits per heavy atom. The number of fused-ring (bicyclic) bond motifs is 1. The fraction of sp³-hybridized carbons (Fsp3) is 0.360. The maximum absolute atomic E-state index is 14.2. The molecule has 4 rings (SSSR count). The van der Waals surface area contributed by atoms with E-state index in [1.54, 1.807) is 43.4 Å². The molecule has 0 radical (unpaired) electrons. The molecule has 2 aromatic carbocycles. The van der Waals surface area contributed by atoms with E-state index < -0.39 is 0 Å². The van der Waals surface area contributed by atoms with Crippen molar-refractivity contribution in [2.75, 3.05) is 58.5 Å². The summed E-state index contributed by atoms with van der Waals surface area (Å²) < 4.78 is 31.0. The standard InChI is InChI=1S/C25H28FN3O4S.ClH/c1-31-20-9-7-18(17-21(20)32-2)8-10-23(30)29(12-4-11-28-13-15-33-16-14-28)25-27-24-19(26)5-3-6-22(24)34-25;/h3,5-10,17H,4,11-16H2,1-2H3;1H/b10-8+;. The van der Waals surface area contributed by atoms with E-state index in [2.05, 4.69) is 9.88 Å². The Labute approximate surface area is 214 Å². The van der Waals surface area contributed by atoms with Crippen molar-refractivity contribution in [1.82, 2.24) is 9.88 Å². The number of anilines is 1. The normalized spacial score (nSPS) is 14.1. The minimum atomic E-state index is -0.387. The van der Waals surface area contributed by atoms with Crippen molar-refractivity contribution in [2.24, 2.45) is 0 Å². The topological polar surface area (TPSA) is 64.1 Å². The molecule has 35 heavy (non-hydrogen) atoms. The van der Waals surface area contributed by atoms with Gasteiger partial charge >= 0.3 is 0 Å². The van der Waals surface area contributed by atoms with Gasteiger partial charge in [0.15, 0.2) is 16.6 Å². The van der Waals surface area contributed by atoms with Crippen LogP contribution in [0.3, 0.4) is 0 Å². The van der Waals surface area contributed by atoms with Gasteiger partial charge in [-0.1, -0.05) is 23.5 Å². The van der Waals surface area contributed by atoms with Crippen LogP contribution in [0.15, 0.2) is 42.5 Å². The lowest BCUT2D eigenvalue weighted by atomic mass is 10.2. The lowest BCUT2D eigenvalue weighted by Gasteiger charge is -2.27. The molecule has 1 aliphatic heterocycles. The number of thiazole rings is 1. The van der Waals surface area contributed by atoms with Crippen LogP contribution >= 0.6 is 23.7 Å². The highest BCUT2D eigenvalue weighted by atomic mass is 35.5. The molecule has 0 atom stereocenters. The molecule has 0 saturated carbocycles. The maximum Gasteiger partial charge on any atom is 0.252 e. The number of carbonyl (C=O) groups excluding carboxylic acids is 1. The van der Waals surface area contributed by atoms with E-state index in [1.165, 1.54) is 23.5 Å². The largest absolute Gasteiger partial charge is 0.493 e. The van der Waals surface area contributed by atoms with Crippen molar-refractivity contribution in [3.8, 4) is 11.5 Å². The number of methoxy groups -OCH3 is 2. The zero-order valence-corrected chi connectivity index (χ0v) is 21.4. The summed E-state index contributed by atoms with van der Waals surface area (Å²) in [7, 11) is 3.14. The van der Waals surface area contributed by atoms with E-state index >= 15 is 0 Å². The molecule has 0 spiro atoms. The number of hydrogen-bond acceptors (Lipinski definition) is 7. The smallest absolute Gasteiger partial charge is 0.252 e. The fourth-order valence-electron chi connectivity index (χ4n) is 3.81. The Morgan fingerprint density at radius 2 is 1.97 bits per heavy atom. The lowest BCUT2D eigenvalue weighted by Crippen LogP contribution is -2.39. The summed E-state index contributed by atoms with van der Waals surface area (Å²) in [5.74, 6) is 0.603. The quantitative estimate of drug-likeness (QED) is 0.382. The second-order valence-corrected chi connectivity index (χ2v) is 8.84. The van der Waals surface area contributed by atoms with Crippen LogP contribution in [0.5, 0.6) is 11.5 Å². The Balaban J connectivity index is 0.00000342. The van der Waals surface area contributed by atoms with Crippen molar-refractivity contribution in [3.63, 3.8) is 0 Å². The molecule has 0 bridgehead atoms. The Bertz CT molecular complexity index is 1170. The van der Waals surface area contributed by atoms with Gasteiger partial charge in [0.05, 0.1) is 32.1 Å². The number of halogens is 2. The van der Waals surface area contributed by atoms with Gasteiger partial charge in [-0.05, 0) is 42.3 Å². The third-order valence-electron chi connectivity index (χ3n) is 5.64. The minimum Gasteiger partial charge on any atom is -0.493 e. The third-order valence-corrected chi connectivity index (χ3v) is 6.68. The van der Waals surface area contributed by atoms with Crippen LogP contribution in [0.25, 0.3) is 16.3 Å². The van der Waals surface area contributed by atoms with Crippen LogP contribution in [0.4, 0.5) is 9.52 Å². The average molecular weight is 522 g/mol. The molecule has 1 amide bonds. The second-order valence-electron chi connectivity index (χ2n) is 7.83. The van der Waals surface area contributed by atoms with Crippen LogP contribution in [-0.4, -0.2) is 69.4 Å². The first-order valence-corrected chi connectivity index (χ1v) is 12.0. The molecule has 1 saturated heterocycles. The van der Waals surface area contributed by atoms with Gasteiger partial charge in [0.1, 0.15) is 11.3 Å². The second kappa shape index (κ2) is 12.8. The number of carbonyl (C=O) groups is 1. The Morgan fingerprint density at radius 1 is 1.20 bits per heavy atom. The number of aromatic nitrogens is 1. The Hall–Kier alpha value is -2.72. The van der Waals surface area contributed by atoms with Crippen LogP contribution in [0.2, 0.25) is 0 Å². The predicted octanol–water partition coefficient (Wildman–Crippen LogP) is 4.64. The van der Waals surface area contributed by atoms with Crippen LogP contribution in [0, 0.1) is 5.82 Å². The summed E-state index contributed by atoms with van der Waals surface area (Å²) in [4.78, 5) is 21.7. The average Bonchev–Trinajstić information content (AvgIpc) is 3.31. The highest BCUT2D eigenvalue weighted by Gasteiger charge is 2.20. The molecule has 1 fully saturated rings. The number of rotatable bonds is 9. The van der Waals surface area contributed by atoms with E-state index in [0.717, 1.165) is 44.8 Å². The van der Waals surface area contributed by atoms with Gasteiger partial charge in [0.25, 0.3) is 5.91 Å². The van der Waals surface area contributed by atoms with Crippen molar-refractivity contribution in [2.45, 2.75) is 6.42 Å². The monoisotopic (exact) mass is 521 g/mol. The SMILES string of the molecule is COc1ccc(/C=C/C(=O)N(CCCN2CCOCC2)c2nc3c(F)cccc3s2)cc1OC.Cl. The van der Waals surface area contributed by atoms with E-state index in [4.69, 9.17) is 14.2 Å². The van der Waals surface area contributed by atoms with E-state index in [0.29, 0.717) is 27.9 Å². The van der Waals surface area contributed by atoms with Gasteiger partial charge in [-0.3, -0.25) is 14.6 Å². The number of ether oxygens (including phenoxy) is 3. The summed E-state index contributed by atoms with van der Waals surface area (Å²) >= 11 is 1.32. The first-order chi connectivity index (χ1) is 16.6. The van der Waals surface area contributed by atoms with Crippen molar-refractivity contribution < 1.29 is 23.4 Å². The molecule has 10 heteroatoms. The van der Waals surface area contributed by atoms with Gasteiger partial charge in [-0.15, -0.1) is 12.4 Å². The van der Waals surface area contributed by atoms with Crippen LogP contribution in [0.1, 0.15) is 12.0 Å². The molecule has 0 aliphatic carbocycles. The van der Waals surface area contributed by atoms with Crippen LogP contribution in [-0.2, 0) is 9.53 Å². The van der Waals surface area contributed by atoms with Crippen LogP contribution < -0.4 is 14.4 Å². The Kier molecular flexibility index (Phi) is 9.85. The van der Waals surface area contributed by atoms with Gasteiger partial charge in [-0.25, -0.2) is 9.37 Å². The highest BCUT2D eigenvalue weighted by molar-refractivity contribution is 7.22. The summed E-state index contributed by atoms with van der Waals surface area (Å²) in [5.41, 5.74) is 1.09. The molecular formula is C25H29ClFN3O4S. The van der Waals surface area contributed by atoms with Crippen molar-refractivity contribution in [1.29, 1.82) is 0 Å². The summed E-state index contributed by atoms with van der Waals surface area (Å²) in [6.07, 6.45) is 4.01. The van der Waals surface area contributed by atoms with E-state index in [-0.39, 0.29) is 29.6 Å². The summed E-state index contributed by atoms with van der Waals surface area (Å²) in [5, 5.41) is 0.490.